The highest BCUT2D eigenvalue weighted by Crippen LogP contribution is 2.32. The molecule has 0 bridgehead atoms. The Morgan fingerprint density at radius 3 is 1.08 bits per heavy atom. The third-order valence-corrected chi connectivity index (χ3v) is 6.21. The second-order valence-corrected chi connectivity index (χ2v) is 8.48. The van der Waals surface area contributed by atoms with Gasteiger partial charge in [0.05, 0.1) is 25.3 Å². The van der Waals surface area contributed by atoms with Gasteiger partial charge in [0.15, 0.2) is 0 Å². The third-order valence-electron chi connectivity index (χ3n) is 6.21. The van der Waals surface area contributed by atoms with Gasteiger partial charge in [-0.25, -0.2) is 9.59 Å². The summed E-state index contributed by atoms with van der Waals surface area (Å²) in [5.41, 5.74) is 4.39. The molecular weight excluding hydrogens is 472 g/mol. The zero-order chi connectivity index (χ0) is 26.5. The Hall–Kier alpha value is -5.32. The van der Waals surface area contributed by atoms with Gasteiger partial charge in [-0.2, -0.15) is 0 Å². The highest BCUT2D eigenvalue weighted by atomic mass is 16.5. The molecule has 0 radical (unpaired) electrons. The number of carbonyl (C=O) groups is 2. The van der Waals surface area contributed by atoms with Crippen molar-refractivity contribution in [3.63, 3.8) is 0 Å². The molecule has 0 unspecified atom stereocenters. The van der Waals surface area contributed by atoms with Gasteiger partial charge >= 0.3 is 11.9 Å². The molecular formula is C34H22O4. The fraction of sp³-hybridized carbons (Fsp3) is 0.0588. The molecule has 0 aromatic heterocycles. The van der Waals surface area contributed by atoms with Crippen molar-refractivity contribution in [3.05, 3.63) is 130 Å². The maximum Gasteiger partial charge on any atom is 0.337 e. The van der Waals surface area contributed by atoms with E-state index in [1.807, 2.05) is 48.5 Å². The number of methoxy groups -OCH3 is 2. The van der Waals surface area contributed by atoms with Crippen molar-refractivity contribution in [1.29, 1.82) is 0 Å². The fourth-order valence-electron chi connectivity index (χ4n) is 4.28. The molecule has 0 aliphatic heterocycles. The van der Waals surface area contributed by atoms with Gasteiger partial charge in [-0.1, -0.05) is 72.2 Å². The van der Waals surface area contributed by atoms with Crippen LogP contribution in [0.3, 0.4) is 0 Å². The van der Waals surface area contributed by atoms with Crippen LogP contribution in [0.1, 0.15) is 43.0 Å². The number of rotatable bonds is 2. The number of esters is 2. The Balaban J connectivity index is 1.62. The van der Waals surface area contributed by atoms with Crippen LogP contribution in [0.2, 0.25) is 0 Å². The Bertz CT molecular complexity index is 1610. The third kappa shape index (κ3) is 4.85. The van der Waals surface area contributed by atoms with E-state index in [0.29, 0.717) is 11.1 Å². The standard InChI is InChI=1S/C34H22O4/c1-37-33(35)25-17-11-23(12-18-25)15-21-31-27-7-3-5-9-29(27)32(30-10-6-4-8-28(30)31)22-16-24-13-19-26(20-14-24)34(36)38-2/h3-14,17-20H,1-2H3. The molecule has 0 saturated heterocycles. The molecule has 0 saturated carbocycles. The monoisotopic (exact) mass is 494 g/mol. The second-order valence-electron chi connectivity index (χ2n) is 8.48. The number of hydrogen-bond donors (Lipinski definition) is 0. The molecule has 5 aromatic carbocycles. The van der Waals surface area contributed by atoms with Crippen LogP contribution in [-0.4, -0.2) is 26.2 Å². The highest BCUT2D eigenvalue weighted by Gasteiger charge is 2.11. The largest absolute Gasteiger partial charge is 0.465 e. The molecule has 4 nitrogen and oxygen atoms in total. The van der Waals surface area contributed by atoms with E-state index in [1.165, 1.54) is 14.2 Å². The summed E-state index contributed by atoms with van der Waals surface area (Å²) < 4.78 is 9.55. The number of benzene rings is 5. The lowest BCUT2D eigenvalue weighted by Gasteiger charge is -2.10. The van der Waals surface area contributed by atoms with Gasteiger partial charge in [0.25, 0.3) is 0 Å². The van der Waals surface area contributed by atoms with E-state index in [-0.39, 0.29) is 11.9 Å². The highest BCUT2D eigenvalue weighted by molar-refractivity contribution is 6.09. The van der Waals surface area contributed by atoms with Gasteiger partial charge < -0.3 is 9.47 Å². The second kappa shape index (κ2) is 10.7. The van der Waals surface area contributed by atoms with Crippen LogP contribution in [0, 0.1) is 23.7 Å². The molecule has 0 N–H and O–H groups in total. The fourth-order valence-corrected chi connectivity index (χ4v) is 4.28. The molecule has 0 aliphatic rings. The van der Waals surface area contributed by atoms with E-state index in [9.17, 15) is 9.59 Å². The first kappa shape index (κ1) is 24.4. The Morgan fingerprint density at radius 1 is 0.474 bits per heavy atom. The number of ether oxygens (including phenoxy) is 2. The molecule has 0 heterocycles. The van der Waals surface area contributed by atoms with Gasteiger partial charge in [-0.15, -0.1) is 0 Å². The van der Waals surface area contributed by atoms with Crippen LogP contribution in [0.25, 0.3) is 21.5 Å². The van der Waals surface area contributed by atoms with Crippen molar-refractivity contribution >= 4 is 33.5 Å². The van der Waals surface area contributed by atoms with E-state index in [4.69, 9.17) is 9.47 Å². The van der Waals surface area contributed by atoms with Crippen molar-refractivity contribution in [3.8, 4) is 23.7 Å². The van der Waals surface area contributed by atoms with Crippen molar-refractivity contribution < 1.29 is 19.1 Å². The lowest BCUT2D eigenvalue weighted by molar-refractivity contribution is 0.0592. The summed E-state index contributed by atoms with van der Waals surface area (Å²) in [6.45, 7) is 0. The summed E-state index contributed by atoms with van der Waals surface area (Å²) in [5, 5.41) is 4.04. The molecule has 0 spiro atoms. The van der Waals surface area contributed by atoms with E-state index in [2.05, 4.69) is 47.9 Å². The number of hydrogen-bond acceptors (Lipinski definition) is 4. The summed E-state index contributed by atoms with van der Waals surface area (Å²) in [7, 11) is 2.72. The quantitative estimate of drug-likeness (QED) is 0.163. The van der Waals surface area contributed by atoms with Gasteiger partial charge in [0.1, 0.15) is 0 Å². The van der Waals surface area contributed by atoms with Crippen LogP contribution in [-0.2, 0) is 9.47 Å². The summed E-state index contributed by atoms with van der Waals surface area (Å²) in [4.78, 5) is 23.5. The van der Waals surface area contributed by atoms with E-state index < -0.39 is 0 Å². The smallest absolute Gasteiger partial charge is 0.337 e. The molecule has 0 atom stereocenters. The Labute approximate surface area is 220 Å². The molecule has 0 aliphatic carbocycles. The van der Waals surface area contributed by atoms with Crippen molar-refractivity contribution in [1.82, 2.24) is 0 Å². The van der Waals surface area contributed by atoms with Crippen LogP contribution in [0.4, 0.5) is 0 Å². The topological polar surface area (TPSA) is 52.6 Å². The average Bonchev–Trinajstić information content (AvgIpc) is 2.98. The Morgan fingerprint density at radius 2 is 0.789 bits per heavy atom. The molecule has 0 fully saturated rings. The number of carbonyl (C=O) groups excluding carboxylic acids is 2. The minimum atomic E-state index is -0.377. The van der Waals surface area contributed by atoms with Gasteiger partial charge in [0.2, 0.25) is 0 Å². The lowest BCUT2D eigenvalue weighted by Crippen LogP contribution is -2.00. The SMILES string of the molecule is COC(=O)c1ccc(C#Cc2c3ccccc3c(C#Cc3ccc(C(=O)OC)cc3)c3ccccc23)cc1. The molecule has 0 amide bonds. The molecule has 5 rings (SSSR count). The maximum atomic E-state index is 11.7. The maximum absolute atomic E-state index is 11.7. The van der Waals surface area contributed by atoms with Gasteiger partial charge in [-0.05, 0) is 70.1 Å². The summed E-state index contributed by atoms with van der Waals surface area (Å²) >= 11 is 0. The predicted molar refractivity (Wildman–Crippen MR) is 149 cm³/mol. The Kier molecular flexibility index (Phi) is 6.89. The normalized spacial score (nSPS) is 10.2. The van der Waals surface area contributed by atoms with E-state index in [0.717, 1.165) is 43.8 Å². The summed E-state index contributed by atoms with van der Waals surface area (Å²) in [6.07, 6.45) is 0. The van der Waals surface area contributed by atoms with Crippen molar-refractivity contribution in [2.24, 2.45) is 0 Å². The first-order chi connectivity index (χ1) is 18.6. The molecule has 38 heavy (non-hydrogen) atoms. The zero-order valence-electron chi connectivity index (χ0n) is 20.9. The lowest BCUT2D eigenvalue weighted by atomic mass is 9.92. The van der Waals surface area contributed by atoms with E-state index >= 15 is 0 Å². The van der Waals surface area contributed by atoms with Crippen LogP contribution in [0.5, 0.6) is 0 Å². The molecule has 182 valence electrons. The van der Waals surface area contributed by atoms with E-state index in [1.54, 1.807) is 24.3 Å². The zero-order valence-corrected chi connectivity index (χ0v) is 20.9. The van der Waals surface area contributed by atoms with Crippen LogP contribution < -0.4 is 0 Å². The van der Waals surface area contributed by atoms with Gasteiger partial charge in [-0.3, -0.25) is 0 Å². The van der Waals surface area contributed by atoms with Crippen molar-refractivity contribution in [2.75, 3.05) is 14.2 Å². The first-order valence-corrected chi connectivity index (χ1v) is 11.9. The molecule has 5 aromatic rings. The minimum Gasteiger partial charge on any atom is -0.465 e. The average molecular weight is 495 g/mol. The predicted octanol–water partition coefficient (Wildman–Crippen LogP) is 6.37. The molecule has 4 heteroatoms. The van der Waals surface area contributed by atoms with Crippen molar-refractivity contribution in [2.45, 2.75) is 0 Å². The summed E-state index contributed by atoms with van der Waals surface area (Å²) in [5.74, 6) is 12.5. The van der Waals surface area contributed by atoms with Gasteiger partial charge in [0, 0.05) is 22.3 Å². The summed E-state index contributed by atoms with van der Waals surface area (Å²) in [6, 6.07) is 30.3. The van der Waals surface area contributed by atoms with Crippen LogP contribution >= 0.6 is 0 Å². The number of fused-ring (bicyclic) bond motifs is 2. The first-order valence-electron chi connectivity index (χ1n) is 11.9. The van der Waals surface area contributed by atoms with Crippen LogP contribution in [0.15, 0.2) is 97.1 Å². The minimum absolute atomic E-state index is 0.377.